The Morgan fingerprint density at radius 3 is 2.78 bits per heavy atom. The fourth-order valence-corrected chi connectivity index (χ4v) is 3.15. The summed E-state index contributed by atoms with van der Waals surface area (Å²) in [4.78, 5) is 0. The molecule has 2 heterocycles. The molecule has 1 N–H and O–H groups in total. The fourth-order valence-electron chi connectivity index (χ4n) is 2.81. The number of hydrogen-bond donors (Lipinski definition) is 1. The van der Waals surface area contributed by atoms with Crippen molar-refractivity contribution in [3.63, 3.8) is 0 Å². The van der Waals surface area contributed by atoms with E-state index in [1.807, 2.05) is 18.2 Å². The molecule has 1 aromatic rings. The minimum atomic E-state index is 0.0437. The van der Waals surface area contributed by atoms with Crippen LogP contribution in [0.1, 0.15) is 12.0 Å². The van der Waals surface area contributed by atoms with E-state index in [2.05, 4.69) is 11.4 Å². The molecule has 3 rings (SSSR count). The molecule has 18 heavy (non-hydrogen) atoms. The zero-order valence-corrected chi connectivity index (χ0v) is 11.1. The van der Waals surface area contributed by atoms with Gasteiger partial charge >= 0.3 is 0 Å². The van der Waals surface area contributed by atoms with Crippen LogP contribution in [0.5, 0.6) is 0 Å². The highest BCUT2D eigenvalue weighted by molar-refractivity contribution is 6.31. The molecule has 98 valence electrons. The van der Waals surface area contributed by atoms with Crippen LogP contribution in [0.15, 0.2) is 24.3 Å². The van der Waals surface area contributed by atoms with Gasteiger partial charge in [0.2, 0.25) is 0 Å². The SMILES string of the molecule is Clc1ccccc1C1(CC2CNCCO2)COC1. The molecule has 0 aromatic heterocycles. The highest BCUT2D eigenvalue weighted by Crippen LogP contribution is 2.40. The van der Waals surface area contributed by atoms with E-state index in [9.17, 15) is 0 Å². The average Bonchev–Trinajstić information content (AvgIpc) is 2.36. The molecule has 0 saturated carbocycles. The van der Waals surface area contributed by atoms with E-state index in [-0.39, 0.29) is 11.5 Å². The van der Waals surface area contributed by atoms with E-state index in [0.29, 0.717) is 0 Å². The Bertz CT molecular complexity index is 414. The molecular weight excluding hydrogens is 250 g/mol. The molecule has 0 radical (unpaired) electrons. The van der Waals surface area contributed by atoms with Crippen molar-refractivity contribution >= 4 is 11.6 Å². The van der Waals surface area contributed by atoms with Gasteiger partial charge in [0.1, 0.15) is 0 Å². The molecular formula is C14H18ClNO2. The number of nitrogens with one attached hydrogen (secondary N) is 1. The highest BCUT2D eigenvalue weighted by atomic mass is 35.5. The first-order valence-electron chi connectivity index (χ1n) is 6.45. The maximum absolute atomic E-state index is 6.33. The Morgan fingerprint density at radius 2 is 2.17 bits per heavy atom. The second-order valence-corrected chi connectivity index (χ2v) is 5.56. The summed E-state index contributed by atoms with van der Waals surface area (Å²) in [6.45, 7) is 4.16. The van der Waals surface area contributed by atoms with E-state index in [1.165, 1.54) is 5.56 Å². The number of rotatable bonds is 3. The topological polar surface area (TPSA) is 30.5 Å². The van der Waals surface area contributed by atoms with Crippen LogP contribution >= 0.6 is 11.6 Å². The van der Waals surface area contributed by atoms with Crippen molar-refractivity contribution in [3.8, 4) is 0 Å². The van der Waals surface area contributed by atoms with Crippen LogP contribution < -0.4 is 5.32 Å². The van der Waals surface area contributed by atoms with Gasteiger partial charge in [-0.15, -0.1) is 0 Å². The van der Waals surface area contributed by atoms with Crippen molar-refractivity contribution in [3.05, 3.63) is 34.9 Å². The third-order valence-electron chi connectivity index (χ3n) is 3.82. The van der Waals surface area contributed by atoms with Crippen LogP contribution in [0.2, 0.25) is 5.02 Å². The van der Waals surface area contributed by atoms with Crippen molar-refractivity contribution in [2.45, 2.75) is 17.9 Å². The first-order valence-corrected chi connectivity index (χ1v) is 6.83. The number of morpholine rings is 1. The Morgan fingerprint density at radius 1 is 1.33 bits per heavy atom. The lowest BCUT2D eigenvalue weighted by molar-refractivity contribution is -0.0941. The highest BCUT2D eigenvalue weighted by Gasteiger charge is 2.43. The number of hydrogen-bond acceptors (Lipinski definition) is 3. The summed E-state index contributed by atoms with van der Waals surface area (Å²) in [5.74, 6) is 0. The number of ether oxygens (including phenoxy) is 2. The summed E-state index contributed by atoms with van der Waals surface area (Å²) in [5.41, 5.74) is 1.24. The summed E-state index contributed by atoms with van der Waals surface area (Å²) in [5, 5.41) is 4.21. The molecule has 2 aliphatic rings. The smallest absolute Gasteiger partial charge is 0.0710 e. The van der Waals surface area contributed by atoms with E-state index in [4.69, 9.17) is 21.1 Å². The molecule has 2 saturated heterocycles. The molecule has 4 heteroatoms. The Hall–Kier alpha value is -0.610. The molecule has 1 atom stereocenters. The van der Waals surface area contributed by atoms with Crippen LogP contribution in [0.4, 0.5) is 0 Å². The Kier molecular flexibility index (Phi) is 3.57. The van der Waals surface area contributed by atoms with Crippen LogP contribution in [0.3, 0.4) is 0 Å². The van der Waals surface area contributed by atoms with Gasteiger partial charge < -0.3 is 14.8 Å². The van der Waals surface area contributed by atoms with Gasteiger partial charge in [0.15, 0.2) is 0 Å². The monoisotopic (exact) mass is 267 g/mol. The second-order valence-electron chi connectivity index (χ2n) is 5.15. The average molecular weight is 268 g/mol. The van der Waals surface area contributed by atoms with E-state index in [1.54, 1.807) is 0 Å². The minimum Gasteiger partial charge on any atom is -0.379 e. The maximum Gasteiger partial charge on any atom is 0.0710 e. The summed E-state index contributed by atoms with van der Waals surface area (Å²) >= 11 is 6.33. The zero-order chi connectivity index (χ0) is 12.4. The van der Waals surface area contributed by atoms with Gasteiger partial charge in [0, 0.05) is 23.5 Å². The van der Waals surface area contributed by atoms with Crippen LogP contribution in [-0.4, -0.2) is 39.0 Å². The summed E-state index contributed by atoms with van der Waals surface area (Å²) in [6.07, 6.45) is 1.24. The van der Waals surface area contributed by atoms with Crippen molar-refractivity contribution in [1.29, 1.82) is 0 Å². The standard InChI is InChI=1S/C14H18ClNO2/c15-13-4-2-1-3-12(13)14(9-17-10-14)7-11-8-16-5-6-18-11/h1-4,11,16H,5-10H2. The molecule has 1 aromatic carbocycles. The van der Waals surface area contributed by atoms with Gasteiger partial charge in [0.25, 0.3) is 0 Å². The van der Waals surface area contributed by atoms with Crippen molar-refractivity contribution in [1.82, 2.24) is 5.32 Å². The molecule has 0 bridgehead atoms. The van der Waals surface area contributed by atoms with Gasteiger partial charge in [0.05, 0.1) is 25.9 Å². The van der Waals surface area contributed by atoms with E-state index < -0.39 is 0 Å². The first-order chi connectivity index (χ1) is 8.80. The van der Waals surface area contributed by atoms with Crippen LogP contribution in [0.25, 0.3) is 0 Å². The largest absolute Gasteiger partial charge is 0.379 e. The molecule has 2 fully saturated rings. The Labute approximate surface area is 112 Å². The molecule has 2 aliphatic heterocycles. The van der Waals surface area contributed by atoms with Crippen LogP contribution in [-0.2, 0) is 14.9 Å². The number of benzene rings is 1. The second kappa shape index (κ2) is 5.17. The molecule has 3 nitrogen and oxygen atoms in total. The van der Waals surface area contributed by atoms with Gasteiger partial charge in [-0.05, 0) is 18.1 Å². The minimum absolute atomic E-state index is 0.0437. The lowest BCUT2D eigenvalue weighted by Crippen LogP contribution is -2.52. The van der Waals surface area contributed by atoms with E-state index in [0.717, 1.165) is 44.4 Å². The molecule has 0 spiro atoms. The zero-order valence-electron chi connectivity index (χ0n) is 10.3. The van der Waals surface area contributed by atoms with E-state index >= 15 is 0 Å². The summed E-state index contributed by atoms with van der Waals surface area (Å²) < 4.78 is 11.3. The predicted octanol–water partition coefficient (Wildman–Crippen LogP) is 1.99. The summed E-state index contributed by atoms with van der Waals surface area (Å²) in [7, 11) is 0. The predicted molar refractivity (Wildman–Crippen MR) is 71.2 cm³/mol. The van der Waals surface area contributed by atoms with Gasteiger partial charge in [-0.3, -0.25) is 0 Å². The number of halogens is 1. The van der Waals surface area contributed by atoms with Crippen LogP contribution in [0, 0.1) is 0 Å². The fraction of sp³-hybridized carbons (Fsp3) is 0.571. The van der Waals surface area contributed by atoms with Crippen molar-refractivity contribution in [2.75, 3.05) is 32.9 Å². The quantitative estimate of drug-likeness (QED) is 0.909. The summed E-state index contributed by atoms with van der Waals surface area (Å²) in [6, 6.07) is 8.08. The van der Waals surface area contributed by atoms with Gasteiger partial charge in [-0.1, -0.05) is 29.8 Å². The van der Waals surface area contributed by atoms with Crippen molar-refractivity contribution in [2.24, 2.45) is 0 Å². The Balaban J connectivity index is 1.79. The van der Waals surface area contributed by atoms with Crippen molar-refractivity contribution < 1.29 is 9.47 Å². The molecule has 0 amide bonds. The third-order valence-corrected chi connectivity index (χ3v) is 4.15. The maximum atomic E-state index is 6.33. The third kappa shape index (κ3) is 2.28. The lowest BCUT2D eigenvalue weighted by atomic mass is 9.74. The molecule has 0 aliphatic carbocycles. The first kappa shape index (κ1) is 12.4. The van der Waals surface area contributed by atoms with Gasteiger partial charge in [-0.25, -0.2) is 0 Å². The van der Waals surface area contributed by atoms with Gasteiger partial charge in [-0.2, -0.15) is 0 Å². The normalized spacial score (nSPS) is 26.6. The molecule has 1 unspecified atom stereocenters. The lowest BCUT2D eigenvalue weighted by Gasteiger charge is -2.45.